The van der Waals surface area contributed by atoms with E-state index in [-0.39, 0.29) is 5.92 Å². The monoisotopic (exact) mass is 224 g/mol. The fourth-order valence-corrected chi connectivity index (χ4v) is 2.99. The maximum Gasteiger partial charge on any atom is 0.223 e. The fraction of sp³-hybridized carbons (Fsp3) is 0.923. The highest BCUT2D eigenvalue weighted by molar-refractivity contribution is 5.79. The first kappa shape index (κ1) is 11.9. The van der Waals surface area contributed by atoms with Gasteiger partial charge in [-0.1, -0.05) is 19.8 Å². The zero-order valence-corrected chi connectivity index (χ0v) is 10.3. The van der Waals surface area contributed by atoms with Crippen molar-refractivity contribution in [3.05, 3.63) is 0 Å². The maximum atomic E-state index is 12.1. The molecule has 1 aliphatic carbocycles. The summed E-state index contributed by atoms with van der Waals surface area (Å²) in [4.78, 5) is 12.1. The Morgan fingerprint density at radius 3 is 2.81 bits per heavy atom. The lowest BCUT2D eigenvalue weighted by Gasteiger charge is -2.21. The van der Waals surface area contributed by atoms with Crippen molar-refractivity contribution in [1.29, 1.82) is 0 Å². The highest BCUT2D eigenvalue weighted by Gasteiger charge is 2.30. The zero-order valence-electron chi connectivity index (χ0n) is 10.3. The molecule has 2 rings (SSSR count). The van der Waals surface area contributed by atoms with Crippen molar-refractivity contribution in [2.24, 2.45) is 11.8 Å². The molecular formula is C13H24N2O. The first-order chi connectivity index (χ1) is 7.77. The quantitative estimate of drug-likeness (QED) is 0.749. The summed E-state index contributed by atoms with van der Waals surface area (Å²) < 4.78 is 0. The smallest absolute Gasteiger partial charge is 0.223 e. The lowest BCUT2D eigenvalue weighted by molar-refractivity contribution is -0.126. The zero-order chi connectivity index (χ0) is 11.4. The van der Waals surface area contributed by atoms with Crippen LogP contribution < -0.4 is 10.6 Å². The normalized spacial score (nSPS) is 35.7. The van der Waals surface area contributed by atoms with Gasteiger partial charge in [-0.25, -0.2) is 0 Å². The molecule has 2 fully saturated rings. The molecule has 3 atom stereocenters. The fourth-order valence-electron chi connectivity index (χ4n) is 2.99. The second-order valence-electron chi connectivity index (χ2n) is 5.42. The van der Waals surface area contributed by atoms with E-state index >= 15 is 0 Å². The maximum absolute atomic E-state index is 12.1. The van der Waals surface area contributed by atoms with Crippen LogP contribution in [0.3, 0.4) is 0 Å². The standard InChI is InChI=1S/C13H24N2O/c1-10-5-4-7-12(10)13(16)15-11-6-2-3-8-14-9-11/h10-12,14H,2-9H2,1H3,(H,15,16). The van der Waals surface area contributed by atoms with Crippen LogP contribution in [0, 0.1) is 11.8 Å². The van der Waals surface area contributed by atoms with E-state index < -0.39 is 0 Å². The minimum Gasteiger partial charge on any atom is -0.352 e. The Bertz CT molecular complexity index is 234. The third kappa shape index (κ3) is 2.97. The molecule has 2 N–H and O–H groups in total. The molecule has 1 amide bonds. The van der Waals surface area contributed by atoms with Gasteiger partial charge in [-0.2, -0.15) is 0 Å². The summed E-state index contributed by atoms with van der Waals surface area (Å²) in [5.41, 5.74) is 0. The molecule has 1 saturated carbocycles. The first-order valence-electron chi connectivity index (χ1n) is 6.78. The third-order valence-electron chi connectivity index (χ3n) is 4.09. The van der Waals surface area contributed by atoms with Gasteiger partial charge in [-0.3, -0.25) is 4.79 Å². The summed E-state index contributed by atoms with van der Waals surface area (Å²) in [6.45, 7) is 4.27. The first-order valence-corrected chi connectivity index (χ1v) is 6.78. The van der Waals surface area contributed by atoms with Gasteiger partial charge < -0.3 is 10.6 Å². The molecule has 0 spiro atoms. The molecule has 0 radical (unpaired) electrons. The number of rotatable bonds is 2. The average molecular weight is 224 g/mol. The van der Waals surface area contributed by atoms with Crippen molar-refractivity contribution in [3.63, 3.8) is 0 Å². The van der Waals surface area contributed by atoms with Crippen molar-refractivity contribution in [2.45, 2.75) is 51.5 Å². The molecule has 16 heavy (non-hydrogen) atoms. The van der Waals surface area contributed by atoms with Crippen LogP contribution in [-0.4, -0.2) is 25.0 Å². The molecule has 0 aromatic carbocycles. The Morgan fingerprint density at radius 1 is 1.19 bits per heavy atom. The topological polar surface area (TPSA) is 41.1 Å². The van der Waals surface area contributed by atoms with Crippen molar-refractivity contribution in [1.82, 2.24) is 10.6 Å². The van der Waals surface area contributed by atoms with E-state index in [0.717, 1.165) is 25.9 Å². The van der Waals surface area contributed by atoms with E-state index in [4.69, 9.17) is 0 Å². The summed E-state index contributed by atoms with van der Waals surface area (Å²) in [6.07, 6.45) is 7.15. The highest BCUT2D eigenvalue weighted by Crippen LogP contribution is 2.31. The van der Waals surface area contributed by atoms with Gasteiger partial charge in [0.2, 0.25) is 5.91 Å². The van der Waals surface area contributed by atoms with Crippen molar-refractivity contribution >= 4 is 5.91 Å². The number of hydrogen-bond donors (Lipinski definition) is 2. The minimum absolute atomic E-state index is 0.281. The molecular weight excluding hydrogens is 200 g/mol. The Labute approximate surface area is 98.4 Å². The van der Waals surface area contributed by atoms with Crippen LogP contribution in [0.2, 0.25) is 0 Å². The van der Waals surface area contributed by atoms with Gasteiger partial charge in [0, 0.05) is 18.5 Å². The van der Waals surface area contributed by atoms with Crippen LogP contribution in [0.1, 0.15) is 45.4 Å². The molecule has 0 aromatic rings. The van der Waals surface area contributed by atoms with E-state index in [9.17, 15) is 4.79 Å². The van der Waals surface area contributed by atoms with Gasteiger partial charge >= 0.3 is 0 Å². The predicted molar refractivity (Wildman–Crippen MR) is 65.2 cm³/mol. The molecule has 0 bridgehead atoms. The lowest BCUT2D eigenvalue weighted by atomic mass is 9.96. The van der Waals surface area contributed by atoms with Crippen LogP contribution in [0.15, 0.2) is 0 Å². The molecule has 1 heterocycles. The summed E-state index contributed by atoms with van der Waals surface area (Å²) in [5.74, 6) is 1.17. The van der Waals surface area contributed by atoms with E-state index in [1.165, 1.54) is 25.7 Å². The number of hydrogen-bond acceptors (Lipinski definition) is 2. The predicted octanol–water partition coefficient (Wildman–Crippen LogP) is 1.68. The Kier molecular flexibility index (Phi) is 4.22. The SMILES string of the molecule is CC1CCCC1C(=O)NC1CCCCNC1. The Balaban J connectivity index is 1.81. The molecule has 3 heteroatoms. The van der Waals surface area contributed by atoms with E-state index in [0.29, 0.717) is 17.9 Å². The molecule has 3 nitrogen and oxygen atoms in total. The van der Waals surface area contributed by atoms with Crippen LogP contribution in [0.25, 0.3) is 0 Å². The summed E-state index contributed by atoms with van der Waals surface area (Å²) in [6, 6.07) is 0.364. The number of amides is 1. The second-order valence-corrected chi connectivity index (χ2v) is 5.42. The largest absolute Gasteiger partial charge is 0.352 e. The Hall–Kier alpha value is -0.570. The van der Waals surface area contributed by atoms with E-state index in [1.54, 1.807) is 0 Å². The van der Waals surface area contributed by atoms with Crippen molar-refractivity contribution in [2.75, 3.05) is 13.1 Å². The van der Waals surface area contributed by atoms with Crippen molar-refractivity contribution < 1.29 is 4.79 Å². The average Bonchev–Trinajstić information content (AvgIpc) is 2.53. The minimum atomic E-state index is 0.281. The van der Waals surface area contributed by atoms with Crippen LogP contribution >= 0.6 is 0 Å². The van der Waals surface area contributed by atoms with Gasteiger partial charge in [0.05, 0.1) is 0 Å². The molecule has 3 unspecified atom stereocenters. The molecule has 0 aromatic heterocycles. The van der Waals surface area contributed by atoms with Crippen LogP contribution in [0.4, 0.5) is 0 Å². The van der Waals surface area contributed by atoms with Crippen LogP contribution in [-0.2, 0) is 4.79 Å². The lowest BCUT2D eigenvalue weighted by Crippen LogP contribution is -2.44. The molecule has 1 aliphatic heterocycles. The second kappa shape index (κ2) is 5.67. The molecule has 1 saturated heterocycles. The van der Waals surface area contributed by atoms with Crippen molar-refractivity contribution in [3.8, 4) is 0 Å². The number of nitrogens with one attached hydrogen (secondary N) is 2. The van der Waals surface area contributed by atoms with Gasteiger partial charge in [-0.15, -0.1) is 0 Å². The van der Waals surface area contributed by atoms with Crippen LogP contribution in [0.5, 0.6) is 0 Å². The summed E-state index contributed by atoms with van der Waals surface area (Å²) >= 11 is 0. The summed E-state index contributed by atoms with van der Waals surface area (Å²) in [7, 11) is 0. The van der Waals surface area contributed by atoms with Gasteiger partial charge in [0.1, 0.15) is 0 Å². The van der Waals surface area contributed by atoms with Gasteiger partial charge in [0.15, 0.2) is 0 Å². The number of carbonyl (C=O) groups is 1. The summed E-state index contributed by atoms with van der Waals surface area (Å²) in [5, 5.41) is 6.62. The Morgan fingerprint density at radius 2 is 2.06 bits per heavy atom. The van der Waals surface area contributed by atoms with E-state index in [2.05, 4.69) is 17.6 Å². The molecule has 2 aliphatic rings. The molecule has 92 valence electrons. The third-order valence-corrected chi connectivity index (χ3v) is 4.09. The van der Waals surface area contributed by atoms with Gasteiger partial charge in [0.25, 0.3) is 0 Å². The van der Waals surface area contributed by atoms with Gasteiger partial charge in [-0.05, 0) is 38.1 Å². The highest BCUT2D eigenvalue weighted by atomic mass is 16.2. The number of carbonyl (C=O) groups excluding carboxylic acids is 1. The van der Waals surface area contributed by atoms with E-state index in [1.807, 2.05) is 0 Å².